The van der Waals surface area contributed by atoms with Gasteiger partial charge in [0, 0.05) is 29.2 Å². The number of ether oxygens (including phenoxy) is 1. The second-order valence-electron chi connectivity index (χ2n) is 7.16. The fourth-order valence-corrected chi connectivity index (χ4v) is 3.73. The molecule has 0 saturated carbocycles. The molecule has 1 aliphatic rings. The van der Waals surface area contributed by atoms with Crippen molar-refractivity contribution in [3.8, 4) is 5.75 Å². The normalized spacial score (nSPS) is 13.4. The van der Waals surface area contributed by atoms with E-state index in [1.165, 1.54) is 5.56 Å². The van der Waals surface area contributed by atoms with Crippen molar-refractivity contribution in [1.29, 1.82) is 0 Å². The summed E-state index contributed by atoms with van der Waals surface area (Å²) in [6.45, 7) is 3.85. The van der Waals surface area contributed by atoms with Crippen LogP contribution in [-0.2, 0) is 19.6 Å². The Morgan fingerprint density at radius 3 is 2.57 bits per heavy atom. The first kappa shape index (κ1) is 18.6. The van der Waals surface area contributed by atoms with Crippen LogP contribution in [0.3, 0.4) is 0 Å². The van der Waals surface area contributed by atoms with Crippen LogP contribution in [-0.4, -0.2) is 17.4 Å². The number of carbonyl (C=O) groups is 1. The van der Waals surface area contributed by atoms with Crippen LogP contribution in [0.5, 0.6) is 5.75 Å². The Balaban J connectivity index is 1.50. The molecule has 0 N–H and O–H groups in total. The van der Waals surface area contributed by atoms with E-state index in [1.54, 1.807) is 0 Å². The van der Waals surface area contributed by atoms with Gasteiger partial charge in [0.15, 0.2) is 0 Å². The summed E-state index contributed by atoms with van der Waals surface area (Å²) in [6.07, 6.45) is 0.795. The average molecular weight is 392 g/mol. The Morgan fingerprint density at radius 1 is 1.00 bits per heavy atom. The van der Waals surface area contributed by atoms with Crippen LogP contribution < -0.4 is 4.74 Å². The van der Waals surface area contributed by atoms with Gasteiger partial charge in [0.25, 0.3) is 5.91 Å². The third-order valence-electron chi connectivity index (χ3n) is 5.05. The Labute approximate surface area is 170 Å². The monoisotopic (exact) mass is 391 g/mol. The van der Waals surface area contributed by atoms with Crippen molar-refractivity contribution < 1.29 is 9.53 Å². The lowest BCUT2D eigenvalue weighted by Crippen LogP contribution is -2.37. The first-order chi connectivity index (χ1) is 13.6. The molecule has 0 spiro atoms. The van der Waals surface area contributed by atoms with Crippen LogP contribution in [0.1, 0.15) is 32.6 Å². The highest BCUT2D eigenvalue weighted by Gasteiger charge is 2.26. The summed E-state index contributed by atoms with van der Waals surface area (Å²) < 4.78 is 6.03. The summed E-state index contributed by atoms with van der Waals surface area (Å²) in [5.41, 5.74) is 5.16. The summed E-state index contributed by atoms with van der Waals surface area (Å²) in [7, 11) is 0. The van der Waals surface area contributed by atoms with Crippen molar-refractivity contribution in [2.45, 2.75) is 26.5 Å². The molecule has 0 aliphatic carbocycles. The van der Waals surface area contributed by atoms with Gasteiger partial charge in [-0.2, -0.15) is 0 Å². The average Bonchev–Trinajstić information content (AvgIpc) is 2.70. The lowest BCUT2D eigenvalue weighted by molar-refractivity contribution is 0.0725. The molecule has 142 valence electrons. The smallest absolute Gasteiger partial charge is 0.254 e. The minimum atomic E-state index is 0.0692. The summed E-state index contributed by atoms with van der Waals surface area (Å²) in [5.74, 6) is 0.857. The number of nitrogens with zero attached hydrogens (tertiary/aromatic N) is 1. The molecule has 1 amide bonds. The van der Waals surface area contributed by atoms with E-state index in [-0.39, 0.29) is 5.91 Å². The zero-order valence-electron chi connectivity index (χ0n) is 15.8. The highest BCUT2D eigenvalue weighted by atomic mass is 35.5. The zero-order chi connectivity index (χ0) is 19.5. The van der Waals surface area contributed by atoms with Gasteiger partial charge in [-0.05, 0) is 48.7 Å². The molecule has 4 heteroatoms. The van der Waals surface area contributed by atoms with Gasteiger partial charge in [0.05, 0.1) is 0 Å². The van der Waals surface area contributed by atoms with Gasteiger partial charge in [-0.25, -0.2) is 0 Å². The molecule has 1 aliphatic heterocycles. The molecule has 3 nitrogen and oxygen atoms in total. The number of halogens is 1. The summed E-state index contributed by atoms with van der Waals surface area (Å²) in [5, 5.41) is 0.708. The van der Waals surface area contributed by atoms with Crippen LogP contribution in [0.25, 0.3) is 0 Å². The molecule has 0 bridgehead atoms. The van der Waals surface area contributed by atoms with Crippen molar-refractivity contribution in [2.24, 2.45) is 0 Å². The predicted molar refractivity (Wildman–Crippen MR) is 112 cm³/mol. The molecule has 3 aromatic carbocycles. The number of rotatable bonds is 5. The third-order valence-corrected chi connectivity index (χ3v) is 5.30. The highest BCUT2D eigenvalue weighted by molar-refractivity contribution is 6.30. The van der Waals surface area contributed by atoms with Crippen LogP contribution in [0, 0.1) is 6.92 Å². The largest absolute Gasteiger partial charge is 0.489 e. The second-order valence-corrected chi connectivity index (χ2v) is 7.60. The number of aryl methyl sites for hydroxylation is 1. The molecular formula is C24H22ClNO2. The van der Waals surface area contributed by atoms with Gasteiger partial charge < -0.3 is 9.64 Å². The maximum atomic E-state index is 13.0. The minimum absolute atomic E-state index is 0.0692. The number of fused-ring (bicyclic) bond motifs is 1. The Hall–Kier alpha value is -2.78. The van der Waals surface area contributed by atoms with Crippen molar-refractivity contribution in [1.82, 2.24) is 4.90 Å². The highest BCUT2D eigenvalue weighted by Crippen LogP contribution is 2.29. The van der Waals surface area contributed by atoms with Crippen LogP contribution in [0.2, 0.25) is 5.02 Å². The Kier molecular flexibility index (Phi) is 5.36. The lowest BCUT2D eigenvalue weighted by atomic mass is 9.97. The summed E-state index contributed by atoms with van der Waals surface area (Å²) in [4.78, 5) is 14.9. The van der Waals surface area contributed by atoms with Gasteiger partial charge in [-0.3, -0.25) is 4.79 Å². The van der Waals surface area contributed by atoms with E-state index in [2.05, 4.69) is 25.1 Å². The van der Waals surface area contributed by atoms with E-state index in [0.29, 0.717) is 24.7 Å². The lowest BCUT2D eigenvalue weighted by Gasteiger charge is -2.30. The molecule has 0 saturated heterocycles. The summed E-state index contributed by atoms with van der Waals surface area (Å²) in [6, 6.07) is 21.7. The molecule has 3 aromatic rings. The third kappa shape index (κ3) is 4.05. The zero-order valence-corrected chi connectivity index (χ0v) is 16.6. The Bertz CT molecular complexity index is 998. The van der Waals surface area contributed by atoms with Gasteiger partial charge >= 0.3 is 0 Å². The SMILES string of the molecule is Cc1cccc(CN2CCc3c(OCc4ccc(Cl)cc4)cccc3C2=O)c1. The number of carbonyl (C=O) groups excluding carboxylic acids is 1. The first-order valence-electron chi connectivity index (χ1n) is 9.44. The van der Waals surface area contributed by atoms with Gasteiger partial charge in [-0.15, -0.1) is 0 Å². The van der Waals surface area contributed by atoms with Crippen LogP contribution >= 0.6 is 11.6 Å². The molecule has 0 atom stereocenters. The predicted octanol–water partition coefficient (Wildman–Crippen LogP) is 5.43. The summed E-state index contributed by atoms with van der Waals surface area (Å²) >= 11 is 5.94. The van der Waals surface area contributed by atoms with Gasteiger partial charge in [-0.1, -0.05) is 59.6 Å². The minimum Gasteiger partial charge on any atom is -0.489 e. The molecule has 1 heterocycles. The van der Waals surface area contributed by atoms with E-state index < -0.39 is 0 Å². The van der Waals surface area contributed by atoms with Crippen molar-refractivity contribution >= 4 is 17.5 Å². The number of amides is 1. The molecule has 0 aromatic heterocycles. The van der Waals surface area contributed by atoms with Crippen LogP contribution in [0.15, 0.2) is 66.7 Å². The second kappa shape index (κ2) is 8.07. The van der Waals surface area contributed by atoms with E-state index in [9.17, 15) is 4.79 Å². The molecule has 0 fully saturated rings. The molecule has 28 heavy (non-hydrogen) atoms. The van der Waals surface area contributed by atoms with Crippen LogP contribution in [0.4, 0.5) is 0 Å². The Morgan fingerprint density at radius 2 is 1.79 bits per heavy atom. The van der Waals surface area contributed by atoms with E-state index in [1.807, 2.05) is 53.4 Å². The molecule has 0 unspecified atom stereocenters. The number of hydrogen-bond acceptors (Lipinski definition) is 2. The van der Waals surface area contributed by atoms with E-state index >= 15 is 0 Å². The van der Waals surface area contributed by atoms with Gasteiger partial charge in [0.2, 0.25) is 0 Å². The van der Waals surface area contributed by atoms with Crippen molar-refractivity contribution in [3.05, 3.63) is 99.6 Å². The fourth-order valence-electron chi connectivity index (χ4n) is 3.60. The number of hydrogen-bond donors (Lipinski definition) is 0. The first-order valence-corrected chi connectivity index (χ1v) is 9.82. The molecular weight excluding hydrogens is 370 g/mol. The fraction of sp³-hybridized carbons (Fsp3) is 0.208. The maximum Gasteiger partial charge on any atom is 0.254 e. The standard InChI is InChI=1S/C24H22ClNO2/c1-17-4-2-5-19(14-17)15-26-13-12-21-22(24(26)27)6-3-7-23(21)28-16-18-8-10-20(25)11-9-18/h2-11,14H,12-13,15-16H2,1H3. The van der Waals surface area contributed by atoms with Gasteiger partial charge in [0.1, 0.15) is 12.4 Å². The number of benzene rings is 3. The maximum absolute atomic E-state index is 13.0. The topological polar surface area (TPSA) is 29.5 Å². The quantitative estimate of drug-likeness (QED) is 0.580. The van der Waals surface area contributed by atoms with Crippen molar-refractivity contribution in [2.75, 3.05) is 6.54 Å². The van der Waals surface area contributed by atoms with Crippen molar-refractivity contribution in [3.63, 3.8) is 0 Å². The van der Waals surface area contributed by atoms with E-state index in [0.717, 1.165) is 34.4 Å². The molecule has 4 rings (SSSR count). The molecule has 0 radical (unpaired) electrons. The van der Waals surface area contributed by atoms with E-state index in [4.69, 9.17) is 16.3 Å².